The van der Waals surface area contributed by atoms with E-state index < -0.39 is 0 Å². The van der Waals surface area contributed by atoms with Crippen LogP contribution in [0, 0.1) is 23.7 Å². The Morgan fingerprint density at radius 1 is 1.50 bits per heavy atom. The first kappa shape index (κ1) is 9.15. The third-order valence-electron chi connectivity index (χ3n) is 0.910. The Balaban J connectivity index is 3.93. The van der Waals surface area contributed by atoms with Gasteiger partial charge in [0.2, 0.25) is 0 Å². The van der Waals surface area contributed by atoms with E-state index in [9.17, 15) is 0 Å². The van der Waals surface area contributed by atoms with Crippen molar-refractivity contribution in [2.24, 2.45) is 0 Å². The molecule has 0 N–H and O–H groups in total. The predicted molar refractivity (Wildman–Crippen MR) is 45.7 cm³/mol. The maximum Gasteiger partial charge on any atom is 0.0845 e. The second kappa shape index (κ2) is 6.27. The van der Waals surface area contributed by atoms with Crippen LogP contribution in [-0.2, 0) is 0 Å². The maximum atomic E-state index is 5.29. The van der Waals surface area contributed by atoms with E-state index in [2.05, 4.69) is 23.7 Å². The molecule has 0 aliphatic carbocycles. The first-order valence-electron chi connectivity index (χ1n) is 2.99. The van der Waals surface area contributed by atoms with Crippen LogP contribution in [0.4, 0.5) is 0 Å². The van der Waals surface area contributed by atoms with E-state index in [-0.39, 0.29) is 0 Å². The van der Waals surface area contributed by atoms with Crippen molar-refractivity contribution in [1.82, 2.24) is 0 Å². The van der Waals surface area contributed by atoms with Gasteiger partial charge >= 0.3 is 0 Å². The third kappa shape index (κ3) is 5.29. The van der Waals surface area contributed by atoms with Crippen LogP contribution in [-0.4, -0.2) is 5.88 Å². The van der Waals surface area contributed by atoms with Crippen LogP contribution >= 0.6 is 11.6 Å². The molecule has 1 heteroatoms. The van der Waals surface area contributed by atoms with Crippen molar-refractivity contribution in [3.8, 4) is 23.7 Å². The molecule has 0 aliphatic rings. The van der Waals surface area contributed by atoms with E-state index in [1.807, 2.05) is 19.9 Å². The average Bonchev–Trinajstić information content (AvgIpc) is 1.98. The van der Waals surface area contributed by atoms with Crippen LogP contribution in [0.3, 0.4) is 0 Å². The Morgan fingerprint density at radius 3 is 2.70 bits per heavy atom. The van der Waals surface area contributed by atoms with Crippen molar-refractivity contribution >= 4 is 11.6 Å². The van der Waals surface area contributed by atoms with Gasteiger partial charge in [-0.05, 0) is 31.3 Å². The molecule has 0 bridgehead atoms. The molecule has 0 aliphatic heterocycles. The molecule has 10 heavy (non-hydrogen) atoms. The fourth-order valence-electron chi connectivity index (χ4n) is 0.280. The predicted octanol–water partition coefficient (Wildman–Crippen LogP) is 2.20. The van der Waals surface area contributed by atoms with Gasteiger partial charge < -0.3 is 0 Å². The summed E-state index contributed by atoms with van der Waals surface area (Å²) in [7, 11) is 0. The lowest BCUT2D eigenvalue weighted by molar-refractivity contribution is 1.52. The quantitative estimate of drug-likeness (QED) is 0.369. The summed E-state index contributed by atoms with van der Waals surface area (Å²) in [6, 6.07) is 0. The van der Waals surface area contributed by atoms with Crippen molar-refractivity contribution in [3.63, 3.8) is 0 Å². The van der Waals surface area contributed by atoms with E-state index in [0.29, 0.717) is 5.88 Å². The molecule has 0 saturated carbocycles. The number of alkyl halides is 1. The molecule has 0 radical (unpaired) electrons. The SMILES string of the molecule is C/C=C(/C)C#CC#CCCl. The normalized spacial score (nSPS) is 8.90. The third-order valence-corrected chi connectivity index (χ3v) is 1.04. The summed E-state index contributed by atoms with van der Waals surface area (Å²) in [5, 5.41) is 0. The van der Waals surface area contributed by atoms with Gasteiger partial charge in [-0.3, -0.25) is 0 Å². The standard InChI is InChI=1S/C9H9Cl/c1-3-9(2)7-5-4-6-8-10/h3H,8H2,1-2H3/b9-3-. The van der Waals surface area contributed by atoms with Crippen LogP contribution in [0.5, 0.6) is 0 Å². The number of hydrogen-bond acceptors (Lipinski definition) is 0. The summed E-state index contributed by atoms with van der Waals surface area (Å²) in [4.78, 5) is 0. The Bertz CT molecular complexity index is 227. The molecule has 0 fully saturated rings. The van der Waals surface area contributed by atoms with Gasteiger partial charge in [0, 0.05) is 0 Å². The molecule has 0 nitrogen and oxygen atoms in total. The van der Waals surface area contributed by atoms with E-state index in [1.165, 1.54) is 0 Å². The van der Waals surface area contributed by atoms with Crippen molar-refractivity contribution in [3.05, 3.63) is 11.6 Å². The highest BCUT2D eigenvalue weighted by Gasteiger charge is 1.70. The Labute approximate surface area is 67.3 Å². The van der Waals surface area contributed by atoms with Crippen LogP contribution in [0.15, 0.2) is 11.6 Å². The molecule has 52 valence electrons. The first-order chi connectivity index (χ1) is 4.81. The molecule has 0 saturated heterocycles. The molecule has 0 atom stereocenters. The minimum Gasteiger partial charge on any atom is -0.113 e. The number of halogens is 1. The second-order valence-electron chi connectivity index (χ2n) is 1.66. The van der Waals surface area contributed by atoms with Gasteiger partial charge in [-0.2, -0.15) is 0 Å². The zero-order chi connectivity index (χ0) is 7.82. The summed E-state index contributed by atoms with van der Waals surface area (Å²) in [5.41, 5.74) is 1.03. The topological polar surface area (TPSA) is 0 Å². The summed E-state index contributed by atoms with van der Waals surface area (Å²) in [6.07, 6.45) is 1.94. The van der Waals surface area contributed by atoms with E-state index >= 15 is 0 Å². The summed E-state index contributed by atoms with van der Waals surface area (Å²) in [5.74, 6) is 11.1. The minimum atomic E-state index is 0.351. The van der Waals surface area contributed by atoms with Crippen LogP contribution in [0.1, 0.15) is 13.8 Å². The van der Waals surface area contributed by atoms with Gasteiger partial charge in [0.15, 0.2) is 0 Å². The van der Waals surface area contributed by atoms with Gasteiger partial charge in [-0.15, -0.1) is 11.6 Å². The molecular formula is C9H9Cl. The smallest absolute Gasteiger partial charge is 0.0845 e. The van der Waals surface area contributed by atoms with Crippen LogP contribution in [0.2, 0.25) is 0 Å². The van der Waals surface area contributed by atoms with Crippen LogP contribution < -0.4 is 0 Å². The first-order valence-corrected chi connectivity index (χ1v) is 3.52. The summed E-state index contributed by atoms with van der Waals surface area (Å²) >= 11 is 5.29. The Kier molecular flexibility index (Phi) is 5.74. The van der Waals surface area contributed by atoms with Gasteiger partial charge in [-0.1, -0.05) is 17.9 Å². The van der Waals surface area contributed by atoms with Gasteiger partial charge in [0.1, 0.15) is 0 Å². The van der Waals surface area contributed by atoms with E-state index in [1.54, 1.807) is 0 Å². The molecule has 0 aromatic heterocycles. The van der Waals surface area contributed by atoms with E-state index in [0.717, 1.165) is 5.57 Å². The molecule has 0 heterocycles. The zero-order valence-corrected chi connectivity index (χ0v) is 6.92. The lowest BCUT2D eigenvalue weighted by Crippen LogP contribution is -1.64. The van der Waals surface area contributed by atoms with Gasteiger partial charge in [0.25, 0.3) is 0 Å². The molecule has 0 aromatic carbocycles. The highest BCUT2D eigenvalue weighted by Crippen LogP contribution is 1.85. The fourth-order valence-corrected chi connectivity index (χ4v) is 0.346. The number of hydrogen-bond donors (Lipinski definition) is 0. The Morgan fingerprint density at radius 2 is 2.20 bits per heavy atom. The van der Waals surface area contributed by atoms with Crippen molar-refractivity contribution in [2.75, 3.05) is 5.88 Å². The molecule has 0 aromatic rings. The highest BCUT2D eigenvalue weighted by molar-refractivity contribution is 6.19. The molecular weight excluding hydrogens is 144 g/mol. The monoisotopic (exact) mass is 152 g/mol. The average molecular weight is 153 g/mol. The molecule has 0 unspecified atom stereocenters. The van der Waals surface area contributed by atoms with Gasteiger partial charge in [-0.25, -0.2) is 0 Å². The molecule has 0 rings (SSSR count). The summed E-state index contributed by atoms with van der Waals surface area (Å²) < 4.78 is 0. The van der Waals surface area contributed by atoms with E-state index in [4.69, 9.17) is 11.6 Å². The van der Waals surface area contributed by atoms with Gasteiger partial charge in [0.05, 0.1) is 5.88 Å². The second-order valence-corrected chi connectivity index (χ2v) is 1.92. The Hall–Kier alpha value is -0.850. The fraction of sp³-hybridized carbons (Fsp3) is 0.333. The van der Waals surface area contributed by atoms with Crippen molar-refractivity contribution in [2.45, 2.75) is 13.8 Å². The summed E-state index contributed by atoms with van der Waals surface area (Å²) in [6.45, 7) is 3.88. The van der Waals surface area contributed by atoms with Crippen molar-refractivity contribution in [1.29, 1.82) is 0 Å². The number of rotatable bonds is 0. The van der Waals surface area contributed by atoms with Crippen LogP contribution in [0.25, 0.3) is 0 Å². The zero-order valence-electron chi connectivity index (χ0n) is 6.16. The number of allylic oxidation sites excluding steroid dienone is 2. The minimum absolute atomic E-state index is 0.351. The largest absolute Gasteiger partial charge is 0.113 e. The lowest BCUT2D eigenvalue weighted by atomic mass is 10.3. The molecule has 0 spiro atoms. The maximum absolute atomic E-state index is 5.29. The van der Waals surface area contributed by atoms with Crippen molar-refractivity contribution < 1.29 is 0 Å². The lowest BCUT2D eigenvalue weighted by Gasteiger charge is -1.76. The molecule has 0 amide bonds. The highest BCUT2D eigenvalue weighted by atomic mass is 35.5.